The van der Waals surface area contributed by atoms with Crippen LogP contribution in [0.25, 0.3) is 0 Å². The van der Waals surface area contributed by atoms with E-state index in [0.717, 1.165) is 18.4 Å². The van der Waals surface area contributed by atoms with Crippen molar-refractivity contribution >= 4 is 11.9 Å². The first-order valence-electron chi connectivity index (χ1n) is 7.97. The first kappa shape index (κ1) is 19.8. The predicted molar refractivity (Wildman–Crippen MR) is 92.6 cm³/mol. The molecule has 0 aliphatic heterocycles. The molecule has 0 fully saturated rings. The largest absolute Gasteiger partial charge is 0.493 e. The summed E-state index contributed by atoms with van der Waals surface area (Å²) >= 11 is 0. The van der Waals surface area contributed by atoms with Gasteiger partial charge in [0, 0.05) is 13.1 Å². The molecule has 0 bridgehead atoms. The number of urea groups is 1. The third-order valence-corrected chi connectivity index (χ3v) is 3.43. The Kier molecular flexibility index (Phi) is 8.64. The summed E-state index contributed by atoms with van der Waals surface area (Å²) in [6.07, 6.45) is 1.58. The molecular formula is C17H27N3O4. The number of amides is 3. The van der Waals surface area contributed by atoms with Crippen LogP contribution in [0, 0.1) is 0 Å². The van der Waals surface area contributed by atoms with Gasteiger partial charge in [-0.2, -0.15) is 0 Å². The van der Waals surface area contributed by atoms with Gasteiger partial charge in [0.25, 0.3) is 0 Å². The Morgan fingerprint density at radius 3 is 2.50 bits per heavy atom. The van der Waals surface area contributed by atoms with Crippen molar-refractivity contribution in [2.75, 3.05) is 40.9 Å². The quantitative estimate of drug-likeness (QED) is 0.712. The molecule has 0 spiro atoms. The summed E-state index contributed by atoms with van der Waals surface area (Å²) in [5.41, 5.74) is 1.08. The smallest absolute Gasteiger partial charge is 0.321 e. The van der Waals surface area contributed by atoms with E-state index in [0.29, 0.717) is 24.6 Å². The van der Waals surface area contributed by atoms with Gasteiger partial charge in [0.2, 0.25) is 5.91 Å². The number of methoxy groups -OCH3 is 2. The number of hydrogen-bond donors (Lipinski definition) is 2. The molecule has 0 radical (unpaired) electrons. The minimum atomic E-state index is -0.449. The first-order valence-corrected chi connectivity index (χ1v) is 7.97. The molecule has 2 N–H and O–H groups in total. The van der Waals surface area contributed by atoms with Gasteiger partial charge < -0.3 is 14.8 Å². The Bertz CT molecular complexity index is 549. The van der Waals surface area contributed by atoms with Crippen molar-refractivity contribution < 1.29 is 19.1 Å². The summed E-state index contributed by atoms with van der Waals surface area (Å²) in [7, 11) is 5.03. The van der Waals surface area contributed by atoms with Crippen LogP contribution in [0.15, 0.2) is 18.2 Å². The van der Waals surface area contributed by atoms with Crippen LogP contribution in [-0.2, 0) is 11.2 Å². The second kappa shape index (κ2) is 10.5. The number of nitrogens with zero attached hydrogens (tertiary/aromatic N) is 1. The van der Waals surface area contributed by atoms with E-state index in [-0.39, 0.29) is 12.5 Å². The average Bonchev–Trinajstić information content (AvgIpc) is 2.57. The molecule has 24 heavy (non-hydrogen) atoms. The van der Waals surface area contributed by atoms with Crippen molar-refractivity contribution in [2.45, 2.75) is 19.8 Å². The van der Waals surface area contributed by atoms with E-state index in [2.05, 4.69) is 10.6 Å². The summed E-state index contributed by atoms with van der Waals surface area (Å²) in [6.45, 7) is 3.34. The van der Waals surface area contributed by atoms with Crippen molar-refractivity contribution in [1.29, 1.82) is 0 Å². The van der Waals surface area contributed by atoms with Gasteiger partial charge in [0.15, 0.2) is 11.5 Å². The van der Waals surface area contributed by atoms with Crippen LogP contribution in [0.4, 0.5) is 4.79 Å². The van der Waals surface area contributed by atoms with Gasteiger partial charge in [-0.1, -0.05) is 13.0 Å². The van der Waals surface area contributed by atoms with Crippen LogP contribution in [-0.4, -0.2) is 57.7 Å². The third-order valence-electron chi connectivity index (χ3n) is 3.43. The van der Waals surface area contributed by atoms with E-state index >= 15 is 0 Å². The third kappa shape index (κ3) is 6.87. The van der Waals surface area contributed by atoms with Gasteiger partial charge in [-0.05, 0) is 37.6 Å². The van der Waals surface area contributed by atoms with Gasteiger partial charge >= 0.3 is 6.03 Å². The van der Waals surface area contributed by atoms with Gasteiger partial charge in [0.05, 0.1) is 20.8 Å². The summed E-state index contributed by atoms with van der Waals surface area (Å²) in [5.74, 6) is 1.05. The fraction of sp³-hybridized carbons (Fsp3) is 0.529. The molecule has 7 heteroatoms. The Morgan fingerprint density at radius 1 is 1.17 bits per heavy atom. The van der Waals surface area contributed by atoms with E-state index in [1.807, 2.05) is 37.1 Å². The Labute approximate surface area is 143 Å². The van der Waals surface area contributed by atoms with Crippen LogP contribution in [0.1, 0.15) is 18.9 Å². The minimum Gasteiger partial charge on any atom is -0.493 e. The van der Waals surface area contributed by atoms with E-state index in [1.165, 1.54) is 0 Å². The van der Waals surface area contributed by atoms with E-state index < -0.39 is 6.03 Å². The number of benzene rings is 1. The maximum Gasteiger partial charge on any atom is 0.321 e. The Hall–Kier alpha value is -2.28. The number of carbonyl (C=O) groups is 2. The lowest BCUT2D eigenvalue weighted by Gasteiger charge is -2.16. The molecule has 0 unspecified atom stereocenters. The fourth-order valence-electron chi connectivity index (χ4n) is 2.13. The van der Waals surface area contributed by atoms with Gasteiger partial charge in [-0.25, -0.2) is 4.79 Å². The number of imide groups is 1. The molecule has 0 saturated carbocycles. The van der Waals surface area contributed by atoms with Crippen LogP contribution >= 0.6 is 0 Å². The van der Waals surface area contributed by atoms with E-state index in [1.54, 1.807) is 14.2 Å². The molecule has 0 aliphatic rings. The van der Waals surface area contributed by atoms with E-state index in [4.69, 9.17) is 9.47 Å². The molecule has 134 valence electrons. The van der Waals surface area contributed by atoms with Crippen LogP contribution in [0.5, 0.6) is 11.5 Å². The van der Waals surface area contributed by atoms with Crippen molar-refractivity contribution in [3.05, 3.63) is 23.8 Å². The zero-order valence-electron chi connectivity index (χ0n) is 14.8. The minimum absolute atomic E-state index is 0.160. The molecule has 0 saturated heterocycles. The number of nitrogens with one attached hydrogen (secondary N) is 2. The van der Waals surface area contributed by atoms with Crippen molar-refractivity contribution in [3.63, 3.8) is 0 Å². The predicted octanol–water partition coefficient (Wildman–Crippen LogP) is 1.41. The number of hydrogen-bond acceptors (Lipinski definition) is 5. The number of ether oxygens (including phenoxy) is 2. The molecule has 0 aromatic heterocycles. The van der Waals surface area contributed by atoms with Gasteiger partial charge in [0.1, 0.15) is 0 Å². The van der Waals surface area contributed by atoms with Crippen molar-refractivity contribution in [3.8, 4) is 11.5 Å². The zero-order chi connectivity index (χ0) is 17.9. The van der Waals surface area contributed by atoms with Crippen molar-refractivity contribution in [1.82, 2.24) is 15.5 Å². The summed E-state index contributed by atoms with van der Waals surface area (Å²) in [5, 5.41) is 4.91. The summed E-state index contributed by atoms with van der Waals surface area (Å²) < 4.78 is 10.5. The lowest BCUT2D eigenvalue weighted by Crippen LogP contribution is -2.44. The number of carbonyl (C=O) groups excluding carboxylic acids is 2. The molecule has 1 aromatic carbocycles. The van der Waals surface area contributed by atoms with Crippen LogP contribution in [0.2, 0.25) is 0 Å². The highest BCUT2D eigenvalue weighted by atomic mass is 16.5. The summed E-state index contributed by atoms with van der Waals surface area (Å²) in [4.78, 5) is 25.0. The van der Waals surface area contributed by atoms with Gasteiger partial charge in [-0.3, -0.25) is 15.0 Å². The lowest BCUT2D eigenvalue weighted by atomic mass is 10.1. The van der Waals surface area contributed by atoms with Gasteiger partial charge in [-0.15, -0.1) is 0 Å². The molecular weight excluding hydrogens is 310 g/mol. The average molecular weight is 337 g/mol. The molecule has 0 aliphatic carbocycles. The van der Waals surface area contributed by atoms with Crippen LogP contribution in [0.3, 0.4) is 0 Å². The molecule has 0 heterocycles. The monoisotopic (exact) mass is 337 g/mol. The zero-order valence-corrected chi connectivity index (χ0v) is 14.8. The van der Waals surface area contributed by atoms with E-state index in [9.17, 15) is 9.59 Å². The highest BCUT2D eigenvalue weighted by Gasteiger charge is 2.11. The highest BCUT2D eigenvalue weighted by Crippen LogP contribution is 2.27. The number of likely N-dealkylation sites (N-methyl/N-ethyl adjacent to an activating group) is 1. The fourth-order valence-corrected chi connectivity index (χ4v) is 2.13. The highest BCUT2D eigenvalue weighted by molar-refractivity contribution is 5.95. The maximum atomic E-state index is 11.8. The first-order chi connectivity index (χ1) is 11.5. The summed E-state index contributed by atoms with van der Waals surface area (Å²) in [6, 6.07) is 5.30. The Morgan fingerprint density at radius 2 is 1.88 bits per heavy atom. The van der Waals surface area contributed by atoms with Crippen molar-refractivity contribution in [2.24, 2.45) is 0 Å². The molecule has 3 amide bonds. The standard InChI is InChI=1S/C17H27N3O4/c1-5-9-18-17(22)19-16(21)12-20(2)10-8-13-6-7-14(23-3)15(11-13)24-4/h6-7,11H,5,8-10,12H2,1-4H3,(H2,18,19,21,22). The molecule has 1 rings (SSSR count). The Balaban J connectivity index is 2.41. The lowest BCUT2D eigenvalue weighted by molar-refractivity contribution is -0.120. The molecule has 0 atom stereocenters. The molecule has 1 aromatic rings. The van der Waals surface area contributed by atoms with Crippen LogP contribution < -0.4 is 20.1 Å². The topological polar surface area (TPSA) is 79.9 Å². The normalized spacial score (nSPS) is 10.4. The number of rotatable bonds is 9. The second-order valence-electron chi connectivity index (χ2n) is 5.48. The SMILES string of the molecule is CCCNC(=O)NC(=O)CN(C)CCc1ccc(OC)c(OC)c1. The second-order valence-corrected chi connectivity index (χ2v) is 5.48. The molecule has 7 nitrogen and oxygen atoms in total. The maximum absolute atomic E-state index is 11.8.